The van der Waals surface area contributed by atoms with Crippen molar-refractivity contribution in [1.82, 2.24) is 0 Å². The Morgan fingerprint density at radius 1 is 1.61 bits per heavy atom. The normalized spacial score (nSPS) is 21.4. The smallest absolute Gasteiger partial charge is 0.161 e. The van der Waals surface area contributed by atoms with Crippen molar-refractivity contribution >= 4 is 17.3 Å². The molecule has 0 aromatic heterocycles. The summed E-state index contributed by atoms with van der Waals surface area (Å²) in [7, 11) is 0. The van der Waals surface area contributed by atoms with E-state index in [-0.39, 0.29) is 12.1 Å². The molecule has 2 N–H and O–H groups in total. The number of benzene rings is 1. The minimum Gasteiger partial charge on any atom is -0.364 e. The maximum absolute atomic E-state index is 8.89. The second kappa shape index (κ2) is 5.57. The van der Waals surface area contributed by atoms with Crippen LogP contribution in [0.1, 0.15) is 18.5 Å². The van der Waals surface area contributed by atoms with Crippen LogP contribution in [-0.2, 0) is 4.74 Å². The van der Waals surface area contributed by atoms with E-state index in [1.165, 1.54) is 0 Å². The van der Waals surface area contributed by atoms with E-state index in [1.54, 1.807) is 0 Å². The van der Waals surface area contributed by atoms with Crippen molar-refractivity contribution in [2.75, 3.05) is 24.6 Å². The highest BCUT2D eigenvalue weighted by atomic mass is 35.5. The molecular weight excluding hydrogens is 250 g/mol. The fourth-order valence-corrected chi connectivity index (χ4v) is 2.32. The van der Waals surface area contributed by atoms with Crippen LogP contribution in [-0.4, -0.2) is 25.8 Å². The molecule has 96 valence electrons. The van der Waals surface area contributed by atoms with E-state index in [0.29, 0.717) is 18.2 Å². The molecule has 1 heterocycles. The zero-order valence-electron chi connectivity index (χ0n) is 10.3. The summed E-state index contributed by atoms with van der Waals surface area (Å²) in [5, 5.41) is 9.56. The molecular formula is C13H16ClN3O. The van der Waals surface area contributed by atoms with Gasteiger partial charge in [-0.05, 0) is 24.6 Å². The minimum absolute atomic E-state index is 0.0342. The molecule has 0 aliphatic carbocycles. The molecule has 0 radical (unpaired) electrons. The topological polar surface area (TPSA) is 62.3 Å². The van der Waals surface area contributed by atoms with Crippen molar-refractivity contribution in [3.63, 3.8) is 0 Å². The molecule has 1 fully saturated rings. The third-order valence-corrected chi connectivity index (χ3v) is 3.35. The predicted molar refractivity (Wildman–Crippen MR) is 71.6 cm³/mol. The second-order valence-corrected chi connectivity index (χ2v) is 4.84. The van der Waals surface area contributed by atoms with E-state index in [9.17, 15) is 0 Å². The maximum atomic E-state index is 8.89. The summed E-state index contributed by atoms with van der Waals surface area (Å²) in [6.07, 6.45) is -0.386. The molecule has 2 atom stereocenters. The summed E-state index contributed by atoms with van der Waals surface area (Å²) < 4.78 is 5.31. The first-order chi connectivity index (χ1) is 8.61. The molecule has 1 aliphatic heterocycles. The van der Waals surface area contributed by atoms with E-state index in [1.807, 2.05) is 25.1 Å². The molecule has 0 spiro atoms. The van der Waals surface area contributed by atoms with Crippen LogP contribution in [0.3, 0.4) is 0 Å². The molecule has 1 aromatic carbocycles. The van der Waals surface area contributed by atoms with E-state index >= 15 is 0 Å². The summed E-state index contributed by atoms with van der Waals surface area (Å²) in [5.74, 6) is 0. The average molecular weight is 266 g/mol. The van der Waals surface area contributed by atoms with Gasteiger partial charge in [-0.3, -0.25) is 0 Å². The van der Waals surface area contributed by atoms with Gasteiger partial charge < -0.3 is 15.4 Å². The van der Waals surface area contributed by atoms with Crippen LogP contribution in [0.25, 0.3) is 0 Å². The van der Waals surface area contributed by atoms with Gasteiger partial charge in [0.05, 0.1) is 29.9 Å². The van der Waals surface area contributed by atoms with Gasteiger partial charge in [0.1, 0.15) is 0 Å². The Kier molecular flexibility index (Phi) is 4.07. The Hall–Kier alpha value is -1.28. The first-order valence-electron chi connectivity index (χ1n) is 5.93. The van der Waals surface area contributed by atoms with Crippen LogP contribution in [0.2, 0.25) is 5.02 Å². The quantitative estimate of drug-likeness (QED) is 0.889. The Morgan fingerprint density at radius 2 is 2.39 bits per heavy atom. The van der Waals surface area contributed by atoms with Crippen LogP contribution in [0.4, 0.5) is 5.69 Å². The zero-order chi connectivity index (χ0) is 13.1. The molecule has 2 rings (SSSR count). The average Bonchev–Trinajstić information content (AvgIpc) is 2.38. The largest absolute Gasteiger partial charge is 0.364 e. The number of morpholine rings is 1. The van der Waals surface area contributed by atoms with Crippen molar-refractivity contribution in [1.29, 1.82) is 5.26 Å². The Bertz CT molecular complexity index is 470. The number of nitrogens with two attached hydrogens (primary N) is 1. The number of anilines is 1. The maximum Gasteiger partial charge on any atom is 0.161 e. The molecule has 1 unspecified atom stereocenters. The van der Waals surface area contributed by atoms with Gasteiger partial charge in [-0.25, -0.2) is 0 Å². The summed E-state index contributed by atoms with van der Waals surface area (Å²) in [6.45, 7) is 3.76. The van der Waals surface area contributed by atoms with Crippen LogP contribution < -0.4 is 10.6 Å². The molecule has 5 heteroatoms. The SMILES string of the molecule is C[C@H](N)c1ccc(N2CCOC(C#N)C2)c(Cl)c1. The molecule has 4 nitrogen and oxygen atoms in total. The lowest BCUT2D eigenvalue weighted by Gasteiger charge is -2.32. The number of hydrogen-bond donors (Lipinski definition) is 1. The highest BCUT2D eigenvalue weighted by molar-refractivity contribution is 6.33. The van der Waals surface area contributed by atoms with Crippen molar-refractivity contribution in [3.8, 4) is 6.07 Å². The number of nitrogens with zero attached hydrogens (tertiary/aromatic N) is 2. The molecule has 0 amide bonds. The number of ether oxygens (including phenoxy) is 1. The third-order valence-electron chi connectivity index (χ3n) is 3.05. The number of halogens is 1. The summed E-state index contributed by atoms with van der Waals surface area (Å²) in [4.78, 5) is 2.07. The second-order valence-electron chi connectivity index (χ2n) is 4.43. The Labute approximate surface area is 112 Å². The van der Waals surface area contributed by atoms with E-state index < -0.39 is 0 Å². The fourth-order valence-electron chi connectivity index (χ4n) is 2.01. The summed E-state index contributed by atoms with van der Waals surface area (Å²) in [6, 6.07) is 7.91. The van der Waals surface area contributed by atoms with E-state index in [0.717, 1.165) is 17.8 Å². The predicted octanol–water partition coefficient (Wildman–Crippen LogP) is 2.09. The number of nitriles is 1. The van der Waals surface area contributed by atoms with E-state index in [4.69, 9.17) is 27.3 Å². The van der Waals surface area contributed by atoms with E-state index in [2.05, 4.69) is 11.0 Å². The first-order valence-corrected chi connectivity index (χ1v) is 6.31. The molecule has 0 bridgehead atoms. The molecule has 1 aliphatic rings. The van der Waals surface area contributed by atoms with Crippen LogP contribution in [0, 0.1) is 11.3 Å². The van der Waals surface area contributed by atoms with Crippen LogP contribution in [0.15, 0.2) is 18.2 Å². The van der Waals surface area contributed by atoms with Gasteiger partial charge in [-0.1, -0.05) is 17.7 Å². The zero-order valence-corrected chi connectivity index (χ0v) is 11.0. The van der Waals surface area contributed by atoms with Gasteiger partial charge in [-0.2, -0.15) is 5.26 Å². The van der Waals surface area contributed by atoms with Crippen molar-refractivity contribution < 1.29 is 4.74 Å². The Morgan fingerprint density at radius 3 is 3.00 bits per heavy atom. The van der Waals surface area contributed by atoms with Crippen molar-refractivity contribution in [2.45, 2.75) is 19.1 Å². The van der Waals surface area contributed by atoms with Gasteiger partial charge in [0.15, 0.2) is 6.10 Å². The number of rotatable bonds is 2. The van der Waals surface area contributed by atoms with Gasteiger partial charge in [-0.15, -0.1) is 0 Å². The van der Waals surface area contributed by atoms with Gasteiger partial charge >= 0.3 is 0 Å². The number of hydrogen-bond acceptors (Lipinski definition) is 4. The molecule has 0 saturated carbocycles. The van der Waals surface area contributed by atoms with Crippen LogP contribution >= 0.6 is 11.6 Å². The molecule has 1 saturated heterocycles. The molecule has 1 aromatic rings. The lowest BCUT2D eigenvalue weighted by atomic mass is 10.1. The lowest BCUT2D eigenvalue weighted by Crippen LogP contribution is -2.42. The third kappa shape index (κ3) is 2.75. The highest BCUT2D eigenvalue weighted by Gasteiger charge is 2.21. The highest BCUT2D eigenvalue weighted by Crippen LogP contribution is 2.29. The summed E-state index contributed by atoms with van der Waals surface area (Å²) >= 11 is 6.28. The molecule has 18 heavy (non-hydrogen) atoms. The lowest BCUT2D eigenvalue weighted by molar-refractivity contribution is 0.0764. The van der Waals surface area contributed by atoms with Crippen molar-refractivity contribution in [2.24, 2.45) is 5.73 Å². The first kappa shape index (κ1) is 13.2. The Balaban J connectivity index is 2.21. The monoisotopic (exact) mass is 265 g/mol. The van der Waals surface area contributed by atoms with Gasteiger partial charge in [0.25, 0.3) is 0 Å². The van der Waals surface area contributed by atoms with Crippen molar-refractivity contribution in [3.05, 3.63) is 28.8 Å². The fraction of sp³-hybridized carbons (Fsp3) is 0.462. The van der Waals surface area contributed by atoms with Gasteiger partial charge in [0, 0.05) is 12.6 Å². The summed E-state index contributed by atoms with van der Waals surface area (Å²) in [5.41, 5.74) is 7.76. The minimum atomic E-state index is -0.386. The van der Waals surface area contributed by atoms with Gasteiger partial charge in [0.2, 0.25) is 0 Å². The standard InChI is InChI=1S/C13H16ClN3O/c1-9(16)10-2-3-13(12(14)6-10)17-4-5-18-11(7-15)8-17/h2-3,6,9,11H,4-5,8,16H2,1H3/t9-,11?/m0/s1. The van der Waals surface area contributed by atoms with Crippen LogP contribution in [0.5, 0.6) is 0 Å².